The summed E-state index contributed by atoms with van der Waals surface area (Å²) in [4.78, 5) is 0. The molecule has 0 rings (SSSR count). The number of rotatable bonds is 2. The predicted molar refractivity (Wildman–Crippen MR) is 69.5 cm³/mol. The minimum atomic E-state index is 0.755. The van der Waals surface area contributed by atoms with Gasteiger partial charge >= 0.3 is 0 Å². The van der Waals surface area contributed by atoms with E-state index in [1.54, 1.807) is 20.1 Å². The van der Waals surface area contributed by atoms with E-state index in [1.165, 1.54) is 0 Å². The van der Waals surface area contributed by atoms with Gasteiger partial charge in [0.1, 0.15) is 0 Å². The van der Waals surface area contributed by atoms with Crippen molar-refractivity contribution in [1.82, 2.24) is 0 Å². The molecule has 0 bridgehead atoms. The molecule has 0 aliphatic carbocycles. The summed E-state index contributed by atoms with van der Waals surface area (Å²) in [5.41, 5.74) is 1.02. The van der Waals surface area contributed by atoms with Crippen molar-refractivity contribution >= 4 is 0 Å². The van der Waals surface area contributed by atoms with Crippen LogP contribution in [0.25, 0.3) is 0 Å². The number of methoxy groups -OCH3 is 1. The van der Waals surface area contributed by atoms with E-state index in [4.69, 9.17) is 0 Å². The lowest BCUT2D eigenvalue weighted by molar-refractivity contribution is 0.295. The monoisotopic (exact) mass is 200 g/mol. The molecule has 0 N–H and O–H groups in total. The summed E-state index contributed by atoms with van der Waals surface area (Å²) in [6.07, 6.45) is 1.72. The third-order valence-corrected chi connectivity index (χ3v) is 0.697. The fourth-order valence-corrected chi connectivity index (χ4v) is 0. The van der Waals surface area contributed by atoms with Gasteiger partial charge in [0.05, 0.1) is 12.9 Å². The quantitative estimate of drug-likeness (QED) is 0.452. The third kappa shape index (κ3) is 121. The Balaban J connectivity index is -0.0000000528. The van der Waals surface area contributed by atoms with Crippen LogP contribution in [0.1, 0.15) is 41.5 Å². The summed E-state index contributed by atoms with van der Waals surface area (Å²) in [5.74, 6) is 0.755. The molecule has 0 atom stereocenters. The molecule has 0 aromatic heterocycles. The van der Waals surface area contributed by atoms with Gasteiger partial charge in [-0.15, -0.1) is 0 Å². The molecule has 1 heteroatoms. The molecule has 0 saturated heterocycles. The molecule has 0 aromatic rings. The van der Waals surface area contributed by atoms with Crippen LogP contribution in [0.5, 0.6) is 0 Å². The third-order valence-electron chi connectivity index (χ3n) is 0.697. The first-order valence-corrected chi connectivity index (χ1v) is 5.02. The van der Waals surface area contributed by atoms with Crippen LogP contribution in [0, 0.1) is 0 Å². The van der Waals surface area contributed by atoms with E-state index in [0.717, 1.165) is 11.3 Å². The maximum Gasteiger partial charge on any atom is 0.0853 e. The summed E-state index contributed by atoms with van der Waals surface area (Å²) in [6.45, 7) is 22.2. The van der Waals surface area contributed by atoms with Crippen LogP contribution < -0.4 is 0 Å². The van der Waals surface area contributed by atoms with E-state index in [-0.39, 0.29) is 0 Å². The van der Waals surface area contributed by atoms with Gasteiger partial charge in [-0.25, -0.2) is 0 Å². The summed E-state index contributed by atoms with van der Waals surface area (Å²) in [5, 5.41) is 0. The molecule has 0 amide bonds. The van der Waals surface area contributed by atoms with Gasteiger partial charge in [-0.2, -0.15) is 0 Å². The summed E-state index contributed by atoms with van der Waals surface area (Å²) in [7, 11) is 1.60. The van der Waals surface area contributed by atoms with Gasteiger partial charge in [-0.3, -0.25) is 0 Å². The van der Waals surface area contributed by atoms with Crippen LogP contribution in [0.3, 0.4) is 0 Å². The second-order valence-corrected chi connectivity index (χ2v) is 1.96. The van der Waals surface area contributed by atoms with E-state index in [2.05, 4.69) is 24.5 Å². The lowest BCUT2D eigenvalue weighted by Gasteiger charge is -1.88. The minimum absolute atomic E-state index is 0.755. The van der Waals surface area contributed by atoms with Crippen molar-refractivity contribution in [3.05, 3.63) is 37.1 Å². The van der Waals surface area contributed by atoms with Crippen molar-refractivity contribution in [2.75, 3.05) is 7.11 Å². The normalized spacial score (nSPS) is 5.64. The first-order chi connectivity index (χ1) is 6.54. The topological polar surface area (TPSA) is 9.23 Å². The van der Waals surface area contributed by atoms with E-state index < -0.39 is 0 Å². The van der Waals surface area contributed by atoms with Gasteiger partial charge < -0.3 is 4.74 Å². The Hall–Kier alpha value is -0.980. The molecule has 1 nitrogen and oxygen atoms in total. The number of ether oxygens (including phenoxy) is 1. The van der Waals surface area contributed by atoms with E-state index >= 15 is 0 Å². The Bertz CT molecular complexity index is 123. The Morgan fingerprint density at radius 2 is 1.14 bits per heavy atom. The highest BCUT2D eigenvalue weighted by Crippen LogP contribution is 1.81. The molecule has 0 aromatic carbocycles. The van der Waals surface area contributed by atoms with Gasteiger partial charge in [-0.1, -0.05) is 59.1 Å². The first kappa shape index (κ1) is 23.1. The standard InChI is InChI=1S/C5H8.C4H8O.2C2H6/c1-4-5(2)3;1-4(2)5-3;2*1-2/h4H,1-2H2,3H3;1H2,2-3H3;2*1-2H3. The van der Waals surface area contributed by atoms with Gasteiger partial charge in [0, 0.05) is 0 Å². The van der Waals surface area contributed by atoms with Crippen molar-refractivity contribution < 1.29 is 4.74 Å². The van der Waals surface area contributed by atoms with Crippen molar-refractivity contribution in [2.24, 2.45) is 0 Å². The lowest BCUT2D eigenvalue weighted by atomic mass is 10.4. The van der Waals surface area contributed by atoms with E-state index in [0.29, 0.717) is 0 Å². The fraction of sp³-hybridized carbons (Fsp3) is 0.538. The van der Waals surface area contributed by atoms with Gasteiger partial charge in [0.2, 0.25) is 0 Å². The highest BCUT2D eigenvalue weighted by molar-refractivity contribution is 5.05. The Kier molecular flexibility index (Phi) is 48.9. The summed E-state index contributed by atoms with van der Waals surface area (Å²) >= 11 is 0. The van der Waals surface area contributed by atoms with Crippen LogP contribution in [0.15, 0.2) is 37.1 Å². The molecule has 0 saturated carbocycles. The Morgan fingerprint density at radius 1 is 1.00 bits per heavy atom. The Morgan fingerprint density at radius 3 is 1.14 bits per heavy atom. The molecule has 0 radical (unpaired) electrons. The average molecular weight is 200 g/mol. The van der Waals surface area contributed by atoms with Crippen molar-refractivity contribution in [1.29, 1.82) is 0 Å². The fourth-order valence-electron chi connectivity index (χ4n) is 0. The summed E-state index contributed by atoms with van der Waals surface area (Å²) < 4.78 is 4.56. The minimum Gasteiger partial charge on any atom is -0.502 e. The van der Waals surface area contributed by atoms with Crippen molar-refractivity contribution in [3.8, 4) is 0 Å². The highest BCUT2D eigenvalue weighted by Gasteiger charge is 1.65. The van der Waals surface area contributed by atoms with E-state index in [1.807, 2.05) is 34.6 Å². The zero-order valence-corrected chi connectivity index (χ0v) is 11.1. The van der Waals surface area contributed by atoms with Crippen LogP contribution >= 0.6 is 0 Å². The van der Waals surface area contributed by atoms with Crippen molar-refractivity contribution in [2.45, 2.75) is 41.5 Å². The highest BCUT2D eigenvalue weighted by atomic mass is 16.5. The largest absolute Gasteiger partial charge is 0.502 e. The molecule has 14 heavy (non-hydrogen) atoms. The number of allylic oxidation sites excluding steroid dienone is 3. The maximum absolute atomic E-state index is 4.56. The number of hydrogen-bond donors (Lipinski definition) is 0. The number of hydrogen-bond acceptors (Lipinski definition) is 1. The van der Waals surface area contributed by atoms with Gasteiger partial charge in [0.15, 0.2) is 0 Å². The first-order valence-electron chi connectivity index (χ1n) is 5.02. The molecular formula is C13H28O. The van der Waals surface area contributed by atoms with Crippen LogP contribution in [0.2, 0.25) is 0 Å². The second kappa shape index (κ2) is 29.6. The van der Waals surface area contributed by atoms with Crippen LogP contribution in [-0.2, 0) is 4.74 Å². The van der Waals surface area contributed by atoms with E-state index in [9.17, 15) is 0 Å². The predicted octanol–water partition coefficient (Wildman–Crippen LogP) is 4.97. The molecule has 0 fully saturated rings. The average Bonchev–Trinajstić information content (AvgIpc) is 2.24. The van der Waals surface area contributed by atoms with Crippen molar-refractivity contribution in [3.63, 3.8) is 0 Å². The molecule has 0 heterocycles. The zero-order valence-electron chi connectivity index (χ0n) is 11.1. The van der Waals surface area contributed by atoms with Crippen LogP contribution in [-0.4, -0.2) is 7.11 Å². The molecular weight excluding hydrogens is 172 g/mol. The van der Waals surface area contributed by atoms with Gasteiger partial charge in [-0.05, 0) is 13.8 Å². The van der Waals surface area contributed by atoms with Gasteiger partial charge in [0.25, 0.3) is 0 Å². The Labute approximate surface area is 91.2 Å². The zero-order chi connectivity index (χ0) is 12.6. The SMILES string of the molecule is C=C(C)OC.C=CC(=C)C.CC.CC. The summed E-state index contributed by atoms with van der Waals surface area (Å²) in [6, 6.07) is 0. The molecule has 0 spiro atoms. The molecule has 0 unspecified atom stereocenters. The lowest BCUT2D eigenvalue weighted by Crippen LogP contribution is -1.70. The molecule has 86 valence electrons. The maximum atomic E-state index is 4.56. The second-order valence-electron chi connectivity index (χ2n) is 1.96. The van der Waals surface area contributed by atoms with Crippen LogP contribution in [0.4, 0.5) is 0 Å². The molecule has 0 aliphatic rings. The molecule has 0 aliphatic heterocycles. The smallest absolute Gasteiger partial charge is 0.0853 e.